The lowest BCUT2D eigenvalue weighted by Gasteiger charge is -2.31. The van der Waals surface area contributed by atoms with E-state index in [2.05, 4.69) is 20.3 Å². The van der Waals surface area contributed by atoms with Crippen molar-refractivity contribution >= 4 is 40.6 Å². The number of benzene rings is 1. The Kier molecular flexibility index (Phi) is 4.48. The molecule has 4 aliphatic rings. The second-order valence-corrected chi connectivity index (χ2v) is 9.99. The van der Waals surface area contributed by atoms with Gasteiger partial charge < -0.3 is 25.6 Å². The Balaban J connectivity index is 1.11. The first kappa shape index (κ1) is 21.1. The van der Waals surface area contributed by atoms with Crippen molar-refractivity contribution in [2.75, 3.05) is 34.0 Å². The minimum Gasteiger partial charge on any atom is -0.474 e. The Morgan fingerprint density at radius 2 is 1.94 bits per heavy atom. The van der Waals surface area contributed by atoms with Gasteiger partial charge in [0.15, 0.2) is 0 Å². The van der Waals surface area contributed by atoms with Crippen LogP contribution in [0.25, 0.3) is 11.1 Å². The molecular formula is C26H25N7O3. The smallest absolute Gasteiger partial charge is 0.238 e. The van der Waals surface area contributed by atoms with Gasteiger partial charge >= 0.3 is 0 Å². The zero-order chi connectivity index (χ0) is 24.4. The Morgan fingerprint density at radius 3 is 2.67 bits per heavy atom. The fourth-order valence-electron chi connectivity index (χ4n) is 5.58. The Hall–Kier alpha value is -4.21. The first-order valence-electron chi connectivity index (χ1n) is 12.3. The number of aromatic nitrogens is 3. The van der Waals surface area contributed by atoms with Gasteiger partial charge in [-0.25, -0.2) is 9.97 Å². The molecule has 0 bridgehead atoms. The van der Waals surface area contributed by atoms with E-state index in [-0.39, 0.29) is 23.3 Å². The molecule has 7 rings (SSSR count). The molecule has 3 aromatic rings. The van der Waals surface area contributed by atoms with E-state index < -0.39 is 0 Å². The molecule has 1 spiro atoms. The van der Waals surface area contributed by atoms with E-state index in [1.807, 2.05) is 35.2 Å². The molecule has 36 heavy (non-hydrogen) atoms. The average molecular weight is 484 g/mol. The summed E-state index contributed by atoms with van der Waals surface area (Å²) in [5.74, 6) is 1.47. The molecule has 10 heteroatoms. The standard InChI is InChI=1S/C26H25N7O3/c27-22-19(15-3-5-17(6-4-15)32-9-1-2-21(32)34)13-29-25(31-22)30-16-10-20-23(28-12-16)36-14-18-11-26(7-8-26)24(35)33(18)20/h3-6,10,12-13,18H,1-2,7-9,11,14H2,(H3,27,29,30,31)/t18-/m0/s1. The van der Waals surface area contributed by atoms with Crippen molar-refractivity contribution in [3.8, 4) is 17.0 Å². The second-order valence-electron chi connectivity index (χ2n) is 9.99. The molecule has 0 radical (unpaired) electrons. The van der Waals surface area contributed by atoms with E-state index in [1.54, 1.807) is 17.3 Å². The van der Waals surface area contributed by atoms with Gasteiger partial charge in [0.2, 0.25) is 23.6 Å². The number of hydrogen-bond donors (Lipinski definition) is 2. The van der Waals surface area contributed by atoms with Crippen LogP contribution in [0, 0.1) is 5.41 Å². The van der Waals surface area contributed by atoms with Crippen molar-refractivity contribution < 1.29 is 14.3 Å². The summed E-state index contributed by atoms with van der Waals surface area (Å²) in [4.78, 5) is 42.0. The number of carbonyl (C=O) groups is 2. The number of nitrogen functional groups attached to an aromatic ring is 1. The largest absolute Gasteiger partial charge is 0.474 e. The minimum absolute atomic E-state index is 0.0608. The SMILES string of the molecule is Nc1nc(Nc2cnc3c(c2)N2C(=O)C4(CC4)C[C@H]2CO3)ncc1-c1ccc(N2CCCC2=O)cc1. The third-order valence-electron chi connectivity index (χ3n) is 7.66. The Bertz CT molecular complexity index is 1400. The molecule has 1 atom stereocenters. The number of fused-ring (bicyclic) bond motifs is 3. The van der Waals surface area contributed by atoms with Crippen LogP contribution >= 0.6 is 0 Å². The van der Waals surface area contributed by atoms with E-state index in [4.69, 9.17) is 10.5 Å². The highest BCUT2D eigenvalue weighted by molar-refractivity contribution is 6.04. The maximum atomic E-state index is 13.0. The van der Waals surface area contributed by atoms with Crippen molar-refractivity contribution in [1.82, 2.24) is 15.0 Å². The van der Waals surface area contributed by atoms with Crippen LogP contribution in [-0.4, -0.2) is 46.0 Å². The van der Waals surface area contributed by atoms with Gasteiger partial charge in [-0.3, -0.25) is 9.59 Å². The normalized spacial score (nSPS) is 21.4. The summed E-state index contributed by atoms with van der Waals surface area (Å²) in [6.07, 6.45) is 7.55. The average Bonchev–Trinajstić information content (AvgIpc) is 3.44. The van der Waals surface area contributed by atoms with E-state index in [0.717, 1.165) is 43.5 Å². The van der Waals surface area contributed by atoms with Gasteiger partial charge in [0.25, 0.3) is 0 Å². The van der Waals surface area contributed by atoms with Crippen molar-refractivity contribution in [3.05, 3.63) is 42.7 Å². The summed E-state index contributed by atoms with van der Waals surface area (Å²) in [6.45, 7) is 1.23. The lowest BCUT2D eigenvalue weighted by atomic mass is 10.0. The number of nitrogens with zero attached hydrogens (tertiary/aromatic N) is 5. The topological polar surface area (TPSA) is 127 Å². The number of ether oxygens (including phenoxy) is 1. The molecule has 3 fully saturated rings. The molecule has 1 aliphatic carbocycles. The molecule has 10 nitrogen and oxygen atoms in total. The first-order valence-corrected chi connectivity index (χ1v) is 12.3. The van der Waals surface area contributed by atoms with Crippen molar-refractivity contribution in [1.29, 1.82) is 0 Å². The van der Waals surface area contributed by atoms with E-state index in [1.165, 1.54) is 0 Å². The fourth-order valence-corrected chi connectivity index (χ4v) is 5.58. The molecular weight excluding hydrogens is 458 g/mol. The maximum absolute atomic E-state index is 13.0. The third-order valence-corrected chi connectivity index (χ3v) is 7.66. The van der Waals surface area contributed by atoms with Crippen molar-refractivity contribution in [3.63, 3.8) is 0 Å². The summed E-state index contributed by atoms with van der Waals surface area (Å²) in [5, 5.41) is 3.15. The monoisotopic (exact) mass is 483 g/mol. The lowest BCUT2D eigenvalue weighted by molar-refractivity contribution is -0.121. The van der Waals surface area contributed by atoms with Crippen LogP contribution in [0.15, 0.2) is 42.7 Å². The zero-order valence-electron chi connectivity index (χ0n) is 19.6. The molecule has 1 aromatic carbocycles. The van der Waals surface area contributed by atoms with Gasteiger partial charge in [0.05, 0.1) is 23.3 Å². The van der Waals surface area contributed by atoms with Crippen LogP contribution in [0.2, 0.25) is 0 Å². The highest BCUT2D eigenvalue weighted by Crippen LogP contribution is 2.58. The Morgan fingerprint density at radius 1 is 1.11 bits per heavy atom. The summed E-state index contributed by atoms with van der Waals surface area (Å²) in [5.41, 5.74) is 9.89. The van der Waals surface area contributed by atoms with Gasteiger partial charge in [-0.1, -0.05) is 12.1 Å². The molecule has 3 aliphatic heterocycles. The molecule has 3 N–H and O–H groups in total. The predicted octanol–water partition coefficient (Wildman–Crippen LogP) is 3.27. The molecule has 2 aromatic heterocycles. The van der Waals surface area contributed by atoms with E-state index in [9.17, 15) is 9.59 Å². The molecule has 0 unspecified atom stereocenters. The number of hydrogen-bond acceptors (Lipinski definition) is 8. The van der Waals surface area contributed by atoms with Crippen LogP contribution in [0.5, 0.6) is 5.88 Å². The number of rotatable bonds is 4. The van der Waals surface area contributed by atoms with E-state index in [0.29, 0.717) is 47.6 Å². The van der Waals surface area contributed by atoms with E-state index >= 15 is 0 Å². The van der Waals surface area contributed by atoms with Gasteiger partial charge in [-0.15, -0.1) is 0 Å². The lowest BCUT2D eigenvalue weighted by Crippen LogP contribution is -2.41. The number of pyridine rings is 1. The maximum Gasteiger partial charge on any atom is 0.238 e. The number of nitrogens with one attached hydrogen (secondary N) is 1. The molecule has 2 amide bonds. The first-order chi connectivity index (χ1) is 17.5. The highest BCUT2D eigenvalue weighted by atomic mass is 16.5. The predicted molar refractivity (Wildman–Crippen MR) is 134 cm³/mol. The molecule has 2 saturated heterocycles. The number of anilines is 5. The van der Waals surface area contributed by atoms with Crippen molar-refractivity contribution in [2.45, 2.75) is 38.1 Å². The number of carbonyl (C=O) groups excluding carboxylic acids is 2. The number of amides is 2. The number of nitrogens with two attached hydrogens (primary N) is 1. The van der Waals surface area contributed by atoms with Crippen LogP contribution in [0.3, 0.4) is 0 Å². The summed E-state index contributed by atoms with van der Waals surface area (Å²) in [7, 11) is 0. The molecule has 182 valence electrons. The van der Waals surface area contributed by atoms with Crippen molar-refractivity contribution in [2.24, 2.45) is 5.41 Å². The Labute approximate surface area is 207 Å². The second kappa shape index (κ2) is 7.64. The van der Waals surface area contributed by atoms with Crippen LogP contribution in [0.1, 0.15) is 32.1 Å². The third kappa shape index (κ3) is 3.28. The summed E-state index contributed by atoms with van der Waals surface area (Å²) in [6, 6.07) is 9.61. The fraction of sp³-hybridized carbons (Fsp3) is 0.346. The molecule has 1 saturated carbocycles. The molecule has 5 heterocycles. The van der Waals surface area contributed by atoms with Gasteiger partial charge in [0.1, 0.15) is 18.1 Å². The van der Waals surface area contributed by atoms with Crippen LogP contribution in [0.4, 0.5) is 28.8 Å². The summed E-state index contributed by atoms with van der Waals surface area (Å²) >= 11 is 0. The zero-order valence-corrected chi connectivity index (χ0v) is 19.6. The minimum atomic E-state index is -0.186. The van der Waals surface area contributed by atoms with Crippen LogP contribution in [-0.2, 0) is 9.59 Å². The van der Waals surface area contributed by atoms with Crippen LogP contribution < -0.4 is 25.6 Å². The highest BCUT2D eigenvalue weighted by Gasteiger charge is 2.60. The quantitative estimate of drug-likeness (QED) is 0.579. The van der Waals surface area contributed by atoms with Gasteiger partial charge in [-0.2, -0.15) is 4.98 Å². The van der Waals surface area contributed by atoms with Gasteiger partial charge in [0, 0.05) is 30.4 Å². The summed E-state index contributed by atoms with van der Waals surface area (Å²) < 4.78 is 5.84. The van der Waals surface area contributed by atoms with Gasteiger partial charge in [-0.05, 0) is 49.4 Å².